The number of halogens is 1. The van der Waals surface area contributed by atoms with Crippen LogP contribution in [0.4, 0.5) is 0 Å². The fourth-order valence-electron chi connectivity index (χ4n) is 2.46. The van der Waals surface area contributed by atoms with E-state index >= 15 is 0 Å². The van der Waals surface area contributed by atoms with Crippen molar-refractivity contribution in [2.75, 3.05) is 39.5 Å². The van der Waals surface area contributed by atoms with E-state index in [0.717, 1.165) is 25.1 Å². The molecule has 7 nitrogen and oxygen atoms in total. The second-order valence-electron chi connectivity index (χ2n) is 7.41. The third kappa shape index (κ3) is 10.1. The molecule has 1 aromatic carbocycles. The van der Waals surface area contributed by atoms with E-state index in [4.69, 9.17) is 26.2 Å². The highest BCUT2D eigenvalue weighted by Crippen LogP contribution is 2.33. The smallest absolute Gasteiger partial charge is 0.258 e. The van der Waals surface area contributed by atoms with E-state index < -0.39 is 0 Å². The van der Waals surface area contributed by atoms with Crippen molar-refractivity contribution in [3.8, 4) is 11.5 Å². The molecule has 0 aliphatic heterocycles. The Hall–Kier alpha value is -1.54. The lowest BCUT2D eigenvalue weighted by molar-refractivity contribution is -0.124. The first-order chi connectivity index (χ1) is 13.3. The molecule has 0 aliphatic rings. The maximum absolute atomic E-state index is 12.0. The summed E-state index contributed by atoms with van der Waals surface area (Å²) in [5.41, 5.74) is 0.587. The van der Waals surface area contributed by atoms with Gasteiger partial charge in [0.05, 0.1) is 13.2 Å². The average Bonchev–Trinajstić information content (AvgIpc) is 2.60. The highest BCUT2D eigenvalue weighted by Gasteiger charge is 2.16. The van der Waals surface area contributed by atoms with Crippen LogP contribution < -0.4 is 25.4 Å². The molecule has 28 heavy (non-hydrogen) atoms. The van der Waals surface area contributed by atoms with Crippen molar-refractivity contribution in [1.29, 1.82) is 0 Å². The van der Waals surface area contributed by atoms with Gasteiger partial charge in [-0.25, -0.2) is 0 Å². The SMILES string of the molecule is CCOc1cc(CNCCCNCCO)c(Cl)cc1OCC(=O)NC(C)(C)C. The quantitative estimate of drug-likeness (QED) is 0.369. The van der Waals surface area contributed by atoms with Crippen LogP contribution in [0.1, 0.15) is 39.7 Å². The summed E-state index contributed by atoms with van der Waals surface area (Å²) in [5.74, 6) is 0.816. The number of aliphatic hydroxyl groups is 1. The Morgan fingerprint density at radius 2 is 1.79 bits per heavy atom. The second kappa shape index (κ2) is 12.8. The summed E-state index contributed by atoms with van der Waals surface area (Å²) in [4.78, 5) is 12.0. The molecule has 0 aliphatic carbocycles. The first-order valence-corrected chi connectivity index (χ1v) is 10.1. The summed E-state index contributed by atoms with van der Waals surface area (Å²) in [5, 5.41) is 18.6. The minimum absolute atomic E-state index is 0.105. The van der Waals surface area contributed by atoms with Gasteiger partial charge in [-0.05, 0) is 58.8 Å². The molecule has 0 fully saturated rings. The lowest BCUT2D eigenvalue weighted by Gasteiger charge is -2.21. The number of rotatable bonds is 13. The Labute approximate surface area is 173 Å². The molecule has 1 rings (SSSR count). The van der Waals surface area contributed by atoms with E-state index in [9.17, 15) is 4.79 Å². The molecule has 160 valence electrons. The molecule has 8 heteroatoms. The molecule has 0 saturated carbocycles. The van der Waals surface area contributed by atoms with Crippen molar-refractivity contribution < 1.29 is 19.4 Å². The summed E-state index contributed by atoms with van der Waals surface area (Å²) < 4.78 is 11.3. The number of hydrogen-bond acceptors (Lipinski definition) is 6. The Balaban J connectivity index is 2.62. The second-order valence-corrected chi connectivity index (χ2v) is 7.82. The number of carbonyl (C=O) groups excluding carboxylic acids is 1. The zero-order valence-corrected chi connectivity index (χ0v) is 18.1. The summed E-state index contributed by atoms with van der Waals surface area (Å²) in [7, 11) is 0. The van der Waals surface area contributed by atoms with Gasteiger partial charge in [-0.15, -0.1) is 0 Å². The first kappa shape index (κ1) is 24.5. The monoisotopic (exact) mass is 415 g/mol. The van der Waals surface area contributed by atoms with E-state index in [1.807, 2.05) is 33.8 Å². The van der Waals surface area contributed by atoms with E-state index in [2.05, 4.69) is 16.0 Å². The van der Waals surface area contributed by atoms with Crippen molar-refractivity contribution in [1.82, 2.24) is 16.0 Å². The van der Waals surface area contributed by atoms with Gasteiger partial charge in [-0.1, -0.05) is 11.6 Å². The molecule has 0 radical (unpaired) electrons. The van der Waals surface area contributed by atoms with Crippen molar-refractivity contribution >= 4 is 17.5 Å². The van der Waals surface area contributed by atoms with Gasteiger partial charge in [-0.3, -0.25) is 4.79 Å². The standard InChI is InChI=1S/C20H34ClN3O4/c1-5-27-17-11-15(13-23-8-6-7-22-9-10-25)16(21)12-18(17)28-14-19(26)24-20(2,3)4/h11-12,22-23,25H,5-10,13-14H2,1-4H3,(H,24,26). The van der Waals surface area contributed by atoms with Gasteiger partial charge < -0.3 is 30.5 Å². The third-order valence-corrected chi connectivity index (χ3v) is 3.95. The maximum Gasteiger partial charge on any atom is 0.258 e. The predicted molar refractivity (Wildman–Crippen MR) is 112 cm³/mol. The topological polar surface area (TPSA) is 91.8 Å². The predicted octanol–water partition coefficient (Wildman–Crippen LogP) is 2.09. The minimum atomic E-state index is -0.315. The molecule has 4 N–H and O–H groups in total. The fourth-order valence-corrected chi connectivity index (χ4v) is 2.68. The van der Waals surface area contributed by atoms with Crippen LogP contribution in [0.25, 0.3) is 0 Å². The molecule has 0 spiro atoms. The van der Waals surface area contributed by atoms with Crippen LogP contribution in [0.3, 0.4) is 0 Å². The highest BCUT2D eigenvalue weighted by atomic mass is 35.5. The van der Waals surface area contributed by atoms with Gasteiger partial charge in [0.15, 0.2) is 18.1 Å². The van der Waals surface area contributed by atoms with Gasteiger partial charge >= 0.3 is 0 Å². The molecule has 0 heterocycles. The largest absolute Gasteiger partial charge is 0.490 e. The summed E-state index contributed by atoms with van der Waals surface area (Å²) in [6.07, 6.45) is 0.944. The maximum atomic E-state index is 12.0. The van der Waals surface area contributed by atoms with Gasteiger partial charge in [-0.2, -0.15) is 0 Å². The molecule has 0 atom stereocenters. The van der Waals surface area contributed by atoms with Crippen LogP contribution in [0.5, 0.6) is 11.5 Å². The molecule has 1 aromatic rings. The van der Waals surface area contributed by atoms with E-state index in [1.54, 1.807) is 6.07 Å². The molecule has 1 amide bonds. The summed E-state index contributed by atoms with van der Waals surface area (Å²) in [6, 6.07) is 3.54. The van der Waals surface area contributed by atoms with Crippen LogP contribution in [0.15, 0.2) is 12.1 Å². The van der Waals surface area contributed by atoms with Gasteiger partial charge in [0.25, 0.3) is 5.91 Å². The normalized spacial score (nSPS) is 11.4. The number of aliphatic hydroxyl groups excluding tert-OH is 1. The Morgan fingerprint density at radius 1 is 1.11 bits per heavy atom. The van der Waals surface area contributed by atoms with Crippen molar-refractivity contribution in [2.45, 2.75) is 46.2 Å². The minimum Gasteiger partial charge on any atom is -0.490 e. The Morgan fingerprint density at radius 3 is 2.43 bits per heavy atom. The Bertz CT molecular complexity index is 606. The number of ether oxygens (including phenoxy) is 2. The van der Waals surface area contributed by atoms with Gasteiger partial charge in [0.2, 0.25) is 0 Å². The average molecular weight is 416 g/mol. The molecular formula is C20H34ClN3O4. The lowest BCUT2D eigenvalue weighted by Crippen LogP contribution is -2.43. The number of hydrogen-bond donors (Lipinski definition) is 4. The third-order valence-electron chi connectivity index (χ3n) is 3.60. The lowest BCUT2D eigenvalue weighted by atomic mass is 10.1. The molecule has 0 bridgehead atoms. The van der Waals surface area contributed by atoms with Crippen LogP contribution in [-0.4, -0.2) is 56.0 Å². The van der Waals surface area contributed by atoms with Crippen molar-refractivity contribution in [3.05, 3.63) is 22.7 Å². The summed E-state index contributed by atoms with van der Waals surface area (Å²) >= 11 is 6.39. The number of amides is 1. The number of benzene rings is 1. The van der Waals surface area contributed by atoms with Gasteiger partial charge in [0.1, 0.15) is 0 Å². The molecular weight excluding hydrogens is 382 g/mol. The van der Waals surface area contributed by atoms with Crippen molar-refractivity contribution in [2.24, 2.45) is 0 Å². The molecule has 0 aromatic heterocycles. The molecule has 0 unspecified atom stereocenters. The number of carbonyl (C=O) groups is 1. The van der Waals surface area contributed by atoms with E-state index in [1.165, 1.54) is 0 Å². The van der Waals surface area contributed by atoms with Crippen molar-refractivity contribution in [3.63, 3.8) is 0 Å². The number of nitrogens with one attached hydrogen (secondary N) is 3. The van der Waals surface area contributed by atoms with Crippen LogP contribution in [-0.2, 0) is 11.3 Å². The zero-order chi connectivity index (χ0) is 21.0. The Kier molecular flexibility index (Phi) is 11.2. The van der Waals surface area contributed by atoms with E-state index in [-0.39, 0.29) is 24.7 Å². The van der Waals surface area contributed by atoms with Crippen LogP contribution >= 0.6 is 11.6 Å². The summed E-state index contributed by atoms with van der Waals surface area (Å²) in [6.45, 7) is 11.0. The fraction of sp³-hybridized carbons (Fsp3) is 0.650. The van der Waals surface area contributed by atoms with Gasteiger partial charge in [0, 0.05) is 29.7 Å². The zero-order valence-electron chi connectivity index (χ0n) is 17.4. The highest BCUT2D eigenvalue weighted by molar-refractivity contribution is 6.31. The van der Waals surface area contributed by atoms with Crippen LogP contribution in [0, 0.1) is 0 Å². The van der Waals surface area contributed by atoms with Crippen LogP contribution in [0.2, 0.25) is 5.02 Å². The van der Waals surface area contributed by atoms with E-state index in [0.29, 0.717) is 36.2 Å². The first-order valence-electron chi connectivity index (χ1n) is 9.68. The molecule has 0 saturated heterocycles.